The number of nitrogens with one attached hydrogen (secondary N) is 1. The highest BCUT2D eigenvalue weighted by molar-refractivity contribution is 8.04. The number of hydrogen-bond acceptors (Lipinski definition) is 4. The largest absolute Gasteiger partial charge is 0.378 e. The molecule has 24 heavy (non-hydrogen) atoms. The van der Waals surface area contributed by atoms with Crippen molar-refractivity contribution in [3.05, 3.63) is 59.0 Å². The van der Waals surface area contributed by atoms with Crippen LogP contribution in [-0.4, -0.2) is 32.2 Å². The van der Waals surface area contributed by atoms with Crippen LogP contribution in [0.4, 0.5) is 11.4 Å². The Kier molecular flexibility index (Phi) is 4.28. The number of fused-ring (bicyclic) bond motifs is 1. The number of thioether (sulfide) groups is 1. The van der Waals surface area contributed by atoms with E-state index in [4.69, 9.17) is 4.74 Å². The number of nitrogens with zero attached hydrogens (tertiary/aromatic N) is 1. The molecule has 2 aliphatic heterocycles. The van der Waals surface area contributed by atoms with E-state index >= 15 is 0 Å². The van der Waals surface area contributed by atoms with E-state index in [0.29, 0.717) is 4.91 Å². The molecule has 0 aliphatic carbocycles. The van der Waals surface area contributed by atoms with E-state index in [9.17, 15) is 4.79 Å². The quantitative estimate of drug-likeness (QED) is 0.850. The second-order valence-electron chi connectivity index (χ2n) is 5.75. The van der Waals surface area contributed by atoms with Gasteiger partial charge in [0, 0.05) is 23.7 Å². The summed E-state index contributed by atoms with van der Waals surface area (Å²) in [6, 6.07) is 16.2. The Labute approximate surface area is 145 Å². The number of benzene rings is 2. The zero-order valence-electron chi connectivity index (χ0n) is 13.2. The maximum Gasteiger partial charge on any atom is 0.262 e. The summed E-state index contributed by atoms with van der Waals surface area (Å²) in [6.45, 7) is 3.41. The van der Waals surface area contributed by atoms with Gasteiger partial charge in [-0.25, -0.2) is 0 Å². The van der Waals surface area contributed by atoms with E-state index in [1.807, 2.05) is 30.3 Å². The minimum absolute atomic E-state index is 0.0454. The van der Waals surface area contributed by atoms with Crippen molar-refractivity contribution in [2.75, 3.05) is 36.5 Å². The molecular weight excluding hydrogens is 320 g/mol. The number of rotatable bonds is 2. The molecule has 0 radical (unpaired) electrons. The molecular formula is C19H18N2O2S. The molecule has 0 spiro atoms. The van der Waals surface area contributed by atoms with Crippen LogP contribution in [0, 0.1) is 0 Å². The fraction of sp³-hybridized carbons (Fsp3) is 0.211. The van der Waals surface area contributed by atoms with Crippen molar-refractivity contribution in [1.82, 2.24) is 0 Å². The van der Waals surface area contributed by atoms with Gasteiger partial charge in [-0.15, -0.1) is 0 Å². The molecule has 2 heterocycles. The SMILES string of the molecule is O=C1Nc2ccccc2S/C1=C/c1ccc(N2CCOCC2)cc1. The molecule has 0 aromatic heterocycles. The lowest BCUT2D eigenvalue weighted by atomic mass is 10.1. The van der Waals surface area contributed by atoms with Crippen LogP contribution < -0.4 is 10.2 Å². The summed E-state index contributed by atoms with van der Waals surface area (Å²) in [5, 5.41) is 2.94. The molecule has 0 atom stereocenters. The zero-order chi connectivity index (χ0) is 16.4. The number of morpholine rings is 1. The van der Waals surface area contributed by atoms with Crippen LogP contribution in [0.3, 0.4) is 0 Å². The normalized spacial score (nSPS) is 19.1. The van der Waals surface area contributed by atoms with E-state index in [-0.39, 0.29) is 5.91 Å². The van der Waals surface area contributed by atoms with Gasteiger partial charge >= 0.3 is 0 Å². The number of amides is 1. The minimum Gasteiger partial charge on any atom is -0.378 e. The number of anilines is 2. The summed E-state index contributed by atoms with van der Waals surface area (Å²) in [4.78, 5) is 16.4. The molecule has 4 nitrogen and oxygen atoms in total. The van der Waals surface area contributed by atoms with E-state index in [1.54, 1.807) is 0 Å². The van der Waals surface area contributed by atoms with Crippen LogP contribution in [-0.2, 0) is 9.53 Å². The Balaban J connectivity index is 1.54. The molecule has 5 heteroatoms. The highest BCUT2D eigenvalue weighted by atomic mass is 32.2. The highest BCUT2D eigenvalue weighted by Gasteiger charge is 2.20. The lowest BCUT2D eigenvalue weighted by Gasteiger charge is -2.28. The van der Waals surface area contributed by atoms with E-state index < -0.39 is 0 Å². The number of carbonyl (C=O) groups is 1. The third-order valence-corrected chi connectivity index (χ3v) is 5.25. The van der Waals surface area contributed by atoms with Crippen molar-refractivity contribution in [1.29, 1.82) is 0 Å². The van der Waals surface area contributed by atoms with E-state index in [0.717, 1.165) is 42.4 Å². The van der Waals surface area contributed by atoms with Gasteiger partial charge < -0.3 is 15.0 Å². The predicted molar refractivity (Wildman–Crippen MR) is 98.4 cm³/mol. The second-order valence-corrected chi connectivity index (χ2v) is 6.84. The van der Waals surface area contributed by atoms with Crippen LogP contribution in [0.5, 0.6) is 0 Å². The Morgan fingerprint density at radius 3 is 2.58 bits per heavy atom. The molecule has 0 saturated carbocycles. The average molecular weight is 338 g/mol. The Bertz CT molecular complexity index is 780. The first-order chi connectivity index (χ1) is 11.8. The van der Waals surface area contributed by atoms with Crippen molar-refractivity contribution in [2.24, 2.45) is 0 Å². The summed E-state index contributed by atoms with van der Waals surface area (Å²) in [7, 11) is 0. The van der Waals surface area contributed by atoms with Crippen molar-refractivity contribution >= 4 is 35.1 Å². The molecule has 1 N–H and O–H groups in total. The third kappa shape index (κ3) is 3.18. The second kappa shape index (κ2) is 6.71. The van der Waals surface area contributed by atoms with Gasteiger partial charge in [0.2, 0.25) is 0 Å². The lowest BCUT2D eigenvalue weighted by Crippen LogP contribution is -2.36. The Hall–Kier alpha value is -2.24. The van der Waals surface area contributed by atoms with Gasteiger partial charge in [-0.2, -0.15) is 0 Å². The first kappa shape index (κ1) is 15.3. The number of carbonyl (C=O) groups excluding carboxylic acids is 1. The predicted octanol–water partition coefficient (Wildman–Crippen LogP) is 3.61. The van der Waals surface area contributed by atoms with Gasteiger partial charge in [-0.3, -0.25) is 4.79 Å². The molecule has 0 unspecified atom stereocenters. The standard InChI is InChI=1S/C19H18N2O2S/c22-19-18(24-17-4-2-1-3-16(17)20-19)13-14-5-7-15(8-6-14)21-9-11-23-12-10-21/h1-8,13H,9-12H2,(H,20,22)/b18-13+. The first-order valence-corrected chi connectivity index (χ1v) is 8.84. The van der Waals surface area contributed by atoms with Gasteiger partial charge in [0.15, 0.2) is 0 Å². The molecule has 4 rings (SSSR count). The van der Waals surface area contributed by atoms with Crippen LogP contribution in [0.15, 0.2) is 58.3 Å². The Morgan fingerprint density at radius 2 is 1.79 bits per heavy atom. The van der Waals surface area contributed by atoms with Crippen LogP contribution in [0.1, 0.15) is 5.56 Å². The smallest absolute Gasteiger partial charge is 0.262 e. The topological polar surface area (TPSA) is 41.6 Å². The van der Waals surface area contributed by atoms with Crippen LogP contribution in [0.2, 0.25) is 0 Å². The minimum atomic E-state index is -0.0454. The maximum atomic E-state index is 12.3. The Morgan fingerprint density at radius 1 is 1.04 bits per heavy atom. The number of ether oxygens (including phenoxy) is 1. The summed E-state index contributed by atoms with van der Waals surface area (Å²) >= 11 is 1.51. The molecule has 1 saturated heterocycles. The number of hydrogen-bond donors (Lipinski definition) is 1. The first-order valence-electron chi connectivity index (χ1n) is 8.02. The van der Waals surface area contributed by atoms with Crippen LogP contribution in [0.25, 0.3) is 6.08 Å². The molecule has 2 aromatic carbocycles. The third-order valence-electron chi connectivity index (χ3n) is 4.15. The van der Waals surface area contributed by atoms with Gasteiger partial charge in [0.1, 0.15) is 0 Å². The average Bonchev–Trinajstić information content (AvgIpc) is 2.64. The maximum absolute atomic E-state index is 12.3. The highest BCUT2D eigenvalue weighted by Crippen LogP contribution is 2.38. The molecule has 1 fully saturated rings. The number of para-hydroxylation sites is 1. The lowest BCUT2D eigenvalue weighted by molar-refractivity contribution is -0.112. The van der Waals surface area contributed by atoms with Gasteiger partial charge in [-0.1, -0.05) is 36.0 Å². The van der Waals surface area contributed by atoms with E-state index in [2.05, 4.69) is 34.5 Å². The van der Waals surface area contributed by atoms with Crippen molar-refractivity contribution < 1.29 is 9.53 Å². The molecule has 2 aromatic rings. The molecule has 122 valence electrons. The molecule has 1 amide bonds. The fourth-order valence-corrected chi connectivity index (χ4v) is 3.81. The van der Waals surface area contributed by atoms with E-state index in [1.165, 1.54) is 17.4 Å². The van der Waals surface area contributed by atoms with Crippen LogP contribution >= 0.6 is 11.8 Å². The monoisotopic (exact) mass is 338 g/mol. The molecule has 2 aliphatic rings. The van der Waals surface area contributed by atoms with Gasteiger partial charge in [-0.05, 0) is 35.9 Å². The summed E-state index contributed by atoms with van der Waals surface area (Å²) in [5.41, 5.74) is 3.11. The van der Waals surface area contributed by atoms with Gasteiger partial charge in [0.25, 0.3) is 5.91 Å². The summed E-state index contributed by atoms with van der Waals surface area (Å²) < 4.78 is 5.39. The van der Waals surface area contributed by atoms with Crippen molar-refractivity contribution in [3.63, 3.8) is 0 Å². The van der Waals surface area contributed by atoms with Gasteiger partial charge in [0.05, 0.1) is 23.8 Å². The molecule has 0 bridgehead atoms. The summed E-state index contributed by atoms with van der Waals surface area (Å²) in [6.07, 6.45) is 1.94. The summed E-state index contributed by atoms with van der Waals surface area (Å²) in [5.74, 6) is -0.0454. The van der Waals surface area contributed by atoms with Crippen molar-refractivity contribution in [3.8, 4) is 0 Å². The fourth-order valence-electron chi connectivity index (χ4n) is 2.86. The zero-order valence-corrected chi connectivity index (χ0v) is 14.0. The van der Waals surface area contributed by atoms with Crippen molar-refractivity contribution in [2.45, 2.75) is 4.90 Å².